The number of methoxy groups -OCH3 is 1. The van der Waals surface area contributed by atoms with Crippen LogP contribution in [0.25, 0.3) is 0 Å². The Bertz CT molecular complexity index is 478. The summed E-state index contributed by atoms with van der Waals surface area (Å²) < 4.78 is 4.89. The number of carbonyl (C=O) groups is 1. The summed E-state index contributed by atoms with van der Waals surface area (Å²) in [6, 6.07) is 8.27. The molecule has 0 bridgehead atoms. The Labute approximate surface area is 126 Å². The van der Waals surface area contributed by atoms with E-state index >= 15 is 0 Å². The number of aliphatic hydroxyl groups is 1. The highest BCUT2D eigenvalue weighted by atomic mass is 16.5. The Morgan fingerprint density at radius 3 is 2.86 bits per heavy atom. The van der Waals surface area contributed by atoms with E-state index in [4.69, 9.17) is 4.74 Å². The molecule has 1 atom stereocenters. The number of hydrogen-bond acceptors (Lipinski definition) is 4. The number of aliphatic hydroxyl groups excluding tert-OH is 1. The molecule has 1 aromatic rings. The van der Waals surface area contributed by atoms with Crippen LogP contribution in [0.2, 0.25) is 0 Å². The average Bonchev–Trinajstić information content (AvgIpc) is 2.46. The molecule has 1 N–H and O–H groups in total. The van der Waals surface area contributed by atoms with Gasteiger partial charge in [0.1, 0.15) is 0 Å². The van der Waals surface area contributed by atoms with E-state index in [0.29, 0.717) is 19.6 Å². The lowest BCUT2D eigenvalue weighted by Gasteiger charge is -2.30. The highest BCUT2D eigenvalue weighted by Gasteiger charge is 2.21. The summed E-state index contributed by atoms with van der Waals surface area (Å²) in [4.78, 5) is 16.1. The first-order chi connectivity index (χ1) is 10.1. The molecule has 0 saturated heterocycles. The number of nitrogens with zero attached hydrogens (tertiary/aromatic N) is 2. The van der Waals surface area contributed by atoms with Gasteiger partial charge in [-0.15, -0.1) is 0 Å². The first kappa shape index (κ1) is 15.9. The van der Waals surface area contributed by atoms with Gasteiger partial charge < -0.3 is 14.7 Å². The predicted molar refractivity (Wildman–Crippen MR) is 80.9 cm³/mol. The molecule has 5 nitrogen and oxygen atoms in total. The SMILES string of the molecule is COCC(O)CN(C)CC(=O)N1CCc2ccccc2C1. The largest absolute Gasteiger partial charge is 0.389 e. The molecule has 1 aliphatic rings. The van der Waals surface area contributed by atoms with Crippen molar-refractivity contribution in [2.75, 3.05) is 40.4 Å². The summed E-state index contributed by atoms with van der Waals surface area (Å²) in [7, 11) is 3.40. The number of rotatable bonds is 6. The quantitative estimate of drug-likeness (QED) is 0.830. The van der Waals surface area contributed by atoms with Crippen LogP contribution >= 0.6 is 0 Å². The van der Waals surface area contributed by atoms with Crippen molar-refractivity contribution in [3.05, 3.63) is 35.4 Å². The Balaban J connectivity index is 1.84. The molecule has 1 amide bonds. The van der Waals surface area contributed by atoms with Gasteiger partial charge in [-0.1, -0.05) is 24.3 Å². The molecule has 1 aliphatic heterocycles. The van der Waals surface area contributed by atoms with Crippen molar-refractivity contribution in [3.8, 4) is 0 Å². The van der Waals surface area contributed by atoms with Crippen molar-refractivity contribution >= 4 is 5.91 Å². The summed E-state index contributed by atoms with van der Waals surface area (Å²) >= 11 is 0. The highest BCUT2D eigenvalue weighted by Crippen LogP contribution is 2.18. The van der Waals surface area contributed by atoms with E-state index in [1.54, 1.807) is 7.11 Å². The average molecular weight is 292 g/mol. The zero-order chi connectivity index (χ0) is 15.2. The van der Waals surface area contributed by atoms with Gasteiger partial charge in [-0.25, -0.2) is 0 Å². The third-order valence-electron chi connectivity index (χ3n) is 3.77. The third kappa shape index (κ3) is 4.52. The molecule has 0 spiro atoms. The van der Waals surface area contributed by atoms with Gasteiger partial charge >= 0.3 is 0 Å². The van der Waals surface area contributed by atoms with Crippen LogP contribution in [0.4, 0.5) is 0 Å². The summed E-state index contributed by atoms with van der Waals surface area (Å²) in [5, 5.41) is 9.68. The van der Waals surface area contributed by atoms with Crippen molar-refractivity contribution in [3.63, 3.8) is 0 Å². The Hall–Kier alpha value is -1.43. The molecule has 0 aromatic heterocycles. The fourth-order valence-corrected chi connectivity index (χ4v) is 2.71. The van der Waals surface area contributed by atoms with E-state index in [1.807, 2.05) is 29.0 Å². The van der Waals surface area contributed by atoms with Crippen LogP contribution in [0.5, 0.6) is 0 Å². The van der Waals surface area contributed by atoms with Crippen LogP contribution in [-0.2, 0) is 22.5 Å². The van der Waals surface area contributed by atoms with Crippen LogP contribution < -0.4 is 0 Å². The Morgan fingerprint density at radius 1 is 1.43 bits per heavy atom. The molecule has 0 saturated carbocycles. The molecule has 21 heavy (non-hydrogen) atoms. The molecule has 116 valence electrons. The molecule has 1 heterocycles. The fraction of sp³-hybridized carbons (Fsp3) is 0.562. The first-order valence-electron chi connectivity index (χ1n) is 7.30. The lowest BCUT2D eigenvalue weighted by Crippen LogP contribution is -2.43. The molecule has 1 unspecified atom stereocenters. The summed E-state index contributed by atoms with van der Waals surface area (Å²) in [5.74, 6) is 0.108. The number of carbonyl (C=O) groups excluding carboxylic acids is 1. The zero-order valence-electron chi connectivity index (χ0n) is 12.8. The van der Waals surface area contributed by atoms with E-state index in [0.717, 1.165) is 13.0 Å². The van der Waals surface area contributed by atoms with Gasteiger partial charge in [-0.3, -0.25) is 9.69 Å². The predicted octanol–water partition coefficient (Wildman–Crippen LogP) is 0.510. The number of hydrogen-bond donors (Lipinski definition) is 1. The number of likely N-dealkylation sites (N-methyl/N-ethyl adjacent to an activating group) is 1. The summed E-state index contributed by atoms with van der Waals surface area (Å²) in [6.45, 7) is 2.50. The van der Waals surface area contributed by atoms with Gasteiger partial charge in [0.05, 0.1) is 19.3 Å². The second kappa shape index (κ2) is 7.54. The highest BCUT2D eigenvalue weighted by molar-refractivity contribution is 5.78. The van der Waals surface area contributed by atoms with Crippen LogP contribution in [0, 0.1) is 0 Å². The Kier molecular flexibility index (Phi) is 5.73. The lowest BCUT2D eigenvalue weighted by molar-refractivity contribution is -0.133. The van der Waals surface area contributed by atoms with E-state index in [1.165, 1.54) is 11.1 Å². The lowest BCUT2D eigenvalue weighted by atomic mass is 10.00. The maximum Gasteiger partial charge on any atom is 0.237 e. The van der Waals surface area contributed by atoms with E-state index < -0.39 is 6.10 Å². The minimum absolute atomic E-state index is 0.108. The molecule has 1 aromatic carbocycles. The van der Waals surface area contributed by atoms with Gasteiger partial charge in [0.15, 0.2) is 0 Å². The second-order valence-electron chi connectivity index (χ2n) is 5.64. The number of fused-ring (bicyclic) bond motifs is 1. The summed E-state index contributed by atoms with van der Waals surface area (Å²) in [6.07, 6.45) is 0.354. The molecule has 2 rings (SSSR count). The smallest absolute Gasteiger partial charge is 0.237 e. The number of amides is 1. The molecule has 5 heteroatoms. The van der Waals surface area contributed by atoms with Crippen LogP contribution in [-0.4, -0.2) is 67.3 Å². The molecular weight excluding hydrogens is 268 g/mol. The second-order valence-corrected chi connectivity index (χ2v) is 5.64. The number of ether oxygens (including phenoxy) is 1. The third-order valence-corrected chi connectivity index (χ3v) is 3.77. The van der Waals surface area contributed by atoms with Gasteiger partial charge in [0, 0.05) is 26.7 Å². The Morgan fingerprint density at radius 2 is 2.14 bits per heavy atom. The van der Waals surface area contributed by atoms with E-state index in [9.17, 15) is 9.90 Å². The number of benzene rings is 1. The van der Waals surface area contributed by atoms with Crippen LogP contribution in [0.1, 0.15) is 11.1 Å². The fourth-order valence-electron chi connectivity index (χ4n) is 2.71. The van der Waals surface area contributed by atoms with Crippen molar-refractivity contribution in [1.82, 2.24) is 9.80 Å². The van der Waals surface area contributed by atoms with Gasteiger partial charge in [0.25, 0.3) is 0 Å². The molecule has 0 aliphatic carbocycles. The topological polar surface area (TPSA) is 53.0 Å². The van der Waals surface area contributed by atoms with Crippen LogP contribution in [0.3, 0.4) is 0 Å². The summed E-state index contributed by atoms with van der Waals surface area (Å²) in [5.41, 5.74) is 2.57. The normalized spacial score (nSPS) is 15.9. The van der Waals surface area contributed by atoms with Crippen molar-refractivity contribution < 1.29 is 14.6 Å². The van der Waals surface area contributed by atoms with E-state index in [-0.39, 0.29) is 12.5 Å². The molecule has 0 fully saturated rings. The zero-order valence-corrected chi connectivity index (χ0v) is 12.8. The maximum atomic E-state index is 12.3. The van der Waals surface area contributed by atoms with Gasteiger partial charge in [-0.2, -0.15) is 0 Å². The van der Waals surface area contributed by atoms with Crippen molar-refractivity contribution in [1.29, 1.82) is 0 Å². The first-order valence-corrected chi connectivity index (χ1v) is 7.30. The maximum absolute atomic E-state index is 12.3. The van der Waals surface area contributed by atoms with E-state index in [2.05, 4.69) is 12.1 Å². The minimum atomic E-state index is -0.560. The molecular formula is C16H24N2O3. The van der Waals surface area contributed by atoms with Crippen molar-refractivity contribution in [2.45, 2.75) is 19.1 Å². The van der Waals surface area contributed by atoms with Gasteiger partial charge in [-0.05, 0) is 24.6 Å². The monoisotopic (exact) mass is 292 g/mol. The van der Waals surface area contributed by atoms with Gasteiger partial charge in [0.2, 0.25) is 5.91 Å². The van der Waals surface area contributed by atoms with Crippen LogP contribution in [0.15, 0.2) is 24.3 Å². The standard InChI is InChI=1S/C16H24N2O3/c1-17(10-15(19)12-21-2)11-16(20)18-8-7-13-5-3-4-6-14(13)9-18/h3-6,15,19H,7-12H2,1-2H3. The molecule has 0 radical (unpaired) electrons. The minimum Gasteiger partial charge on any atom is -0.389 e. The van der Waals surface area contributed by atoms with Crippen molar-refractivity contribution in [2.24, 2.45) is 0 Å².